The average molecular weight is 307 g/mol. The molecule has 0 bridgehead atoms. The van der Waals surface area contributed by atoms with Crippen LogP contribution in [0.15, 0.2) is 18.2 Å². The molecule has 0 radical (unpaired) electrons. The summed E-state index contributed by atoms with van der Waals surface area (Å²) in [5, 5.41) is 3.11. The minimum atomic E-state index is -0.136. The van der Waals surface area contributed by atoms with E-state index in [0.29, 0.717) is 5.69 Å². The van der Waals surface area contributed by atoms with Gasteiger partial charge in [0.2, 0.25) is 0 Å². The van der Waals surface area contributed by atoms with Gasteiger partial charge in [-0.05, 0) is 43.0 Å². The second kappa shape index (κ2) is 7.93. The van der Waals surface area contributed by atoms with E-state index in [0.717, 1.165) is 44.6 Å². The van der Waals surface area contributed by atoms with E-state index < -0.39 is 0 Å². The van der Waals surface area contributed by atoms with Crippen molar-refractivity contribution >= 4 is 5.69 Å². The Kier molecular flexibility index (Phi) is 6.21. The largest absolute Gasteiger partial charge is 0.371 e. The maximum Gasteiger partial charge on any atom is 0.146 e. The molecule has 1 aliphatic rings. The fourth-order valence-electron chi connectivity index (χ4n) is 3.53. The zero-order chi connectivity index (χ0) is 16.1. The Labute approximate surface area is 134 Å². The van der Waals surface area contributed by atoms with E-state index in [9.17, 15) is 4.39 Å². The molecule has 124 valence electrons. The first-order valence-electron chi connectivity index (χ1n) is 8.36. The van der Waals surface area contributed by atoms with Gasteiger partial charge in [-0.25, -0.2) is 4.39 Å². The first-order chi connectivity index (χ1) is 10.5. The Hall–Kier alpha value is -1.13. The highest BCUT2D eigenvalue weighted by molar-refractivity contribution is 5.49. The molecule has 1 N–H and O–H groups in total. The third kappa shape index (κ3) is 4.68. The molecular formula is C18H30FN3. The molecule has 2 rings (SSSR count). The van der Waals surface area contributed by atoms with Gasteiger partial charge >= 0.3 is 0 Å². The quantitative estimate of drug-likeness (QED) is 0.872. The van der Waals surface area contributed by atoms with Crippen molar-refractivity contribution in [2.45, 2.75) is 26.8 Å². The van der Waals surface area contributed by atoms with Gasteiger partial charge in [-0.15, -0.1) is 0 Å². The number of likely N-dealkylation sites (N-methyl/N-ethyl adjacent to an activating group) is 2. The number of nitrogens with zero attached hydrogens (tertiary/aromatic N) is 2. The Bertz CT molecular complexity index is 467. The zero-order valence-corrected chi connectivity index (χ0v) is 14.4. The average Bonchev–Trinajstić information content (AvgIpc) is 2.45. The van der Waals surface area contributed by atoms with Gasteiger partial charge in [-0.3, -0.25) is 4.90 Å². The molecule has 0 saturated carbocycles. The second-order valence-electron chi connectivity index (χ2n) is 6.95. The van der Waals surface area contributed by atoms with Crippen LogP contribution in [0.3, 0.4) is 0 Å². The molecule has 2 atom stereocenters. The number of hydrogen-bond acceptors (Lipinski definition) is 3. The van der Waals surface area contributed by atoms with E-state index in [1.807, 2.05) is 31.1 Å². The third-order valence-corrected chi connectivity index (χ3v) is 4.47. The molecule has 1 fully saturated rings. The number of benzene rings is 1. The van der Waals surface area contributed by atoms with Crippen molar-refractivity contribution in [3.8, 4) is 0 Å². The van der Waals surface area contributed by atoms with E-state index in [1.165, 1.54) is 12.0 Å². The Balaban J connectivity index is 2.05. The van der Waals surface area contributed by atoms with Crippen molar-refractivity contribution in [3.63, 3.8) is 0 Å². The van der Waals surface area contributed by atoms with E-state index in [1.54, 1.807) is 6.07 Å². The summed E-state index contributed by atoms with van der Waals surface area (Å²) >= 11 is 0. The van der Waals surface area contributed by atoms with Crippen molar-refractivity contribution < 1.29 is 4.39 Å². The number of nitrogens with one attached hydrogen (secondary N) is 1. The summed E-state index contributed by atoms with van der Waals surface area (Å²) in [7, 11) is 3.86. The Morgan fingerprint density at radius 1 is 1.27 bits per heavy atom. The van der Waals surface area contributed by atoms with Crippen LogP contribution in [0.5, 0.6) is 0 Å². The Morgan fingerprint density at radius 2 is 1.95 bits per heavy atom. The fraction of sp³-hybridized carbons (Fsp3) is 0.667. The molecular weight excluding hydrogens is 277 g/mol. The number of rotatable bonds is 6. The normalized spacial score (nSPS) is 22.8. The first-order valence-corrected chi connectivity index (χ1v) is 8.36. The molecule has 1 saturated heterocycles. The van der Waals surface area contributed by atoms with Crippen LogP contribution in [0, 0.1) is 17.7 Å². The van der Waals surface area contributed by atoms with Gasteiger partial charge < -0.3 is 10.2 Å². The molecule has 2 unspecified atom stereocenters. The number of likely N-dealkylation sites (tertiary alicyclic amines) is 1. The highest BCUT2D eigenvalue weighted by Crippen LogP contribution is 2.25. The lowest BCUT2D eigenvalue weighted by molar-refractivity contribution is 0.134. The van der Waals surface area contributed by atoms with Crippen molar-refractivity contribution in [1.29, 1.82) is 0 Å². The molecule has 0 aromatic heterocycles. The summed E-state index contributed by atoms with van der Waals surface area (Å²) < 4.78 is 14.1. The molecule has 0 spiro atoms. The highest BCUT2D eigenvalue weighted by Gasteiger charge is 2.22. The summed E-state index contributed by atoms with van der Waals surface area (Å²) in [4.78, 5) is 4.49. The standard InChI is InChI=1S/C18H30FN3/c1-14-9-15(2)12-22(11-14)13-16-5-6-17(19)18(10-16)21(4)8-7-20-3/h5-6,10,14-15,20H,7-9,11-13H2,1-4H3. The summed E-state index contributed by atoms with van der Waals surface area (Å²) in [6, 6.07) is 5.54. The number of hydrogen-bond donors (Lipinski definition) is 1. The summed E-state index contributed by atoms with van der Waals surface area (Å²) in [6.07, 6.45) is 1.32. The smallest absolute Gasteiger partial charge is 0.146 e. The van der Waals surface area contributed by atoms with Gasteiger partial charge in [0.25, 0.3) is 0 Å². The maximum absolute atomic E-state index is 14.1. The molecule has 22 heavy (non-hydrogen) atoms. The van der Waals surface area contributed by atoms with Crippen LogP contribution in [0.25, 0.3) is 0 Å². The second-order valence-corrected chi connectivity index (χ2v) is 6.95. The van der Waals surface area contributed by atoms with Gasteiger partial charge in [-0.2, -0.15) is 0 Å². The molecule has 0 amide bonds. The lowest BCUT2D eigenvalue weighted by Gasteiger charge is -2.35. The molecule has 1 aromatic carbocycles. The van der Waals surface area contributed by atoms with Gasteiger partial charge in [0.1, 0.15) is 5.82 Å². The van der Waals surface area contributed by atoms with Crippen LogP contribution >= 0.6 is 0 Å². The highest BCUT2D eigenvalue weighted by atomic mass is 19.1. The third-order valence-electron chi connectivity index (χ3n) is 4.47. The minimum Gasteiger partial charge on any atom is -0.371 e. The van der Waals surface area contributed by atoms with Gasteiger partial charge in [-0.1, -0.05) is 19.9 Å². The van der Waals surface area contributed by atoms with E-state index in [4.69, 9.17) is 0 Å². The minimum absolute atomic E-state index is 0.136. The molecule has 1 aromatic rings. The Morgan fingerprint density at radius 3 is 2.59 bits per heavy atom. The van der Waals surface area contributed by atoms with Crippen LogP contribution < -0.4 is 10.2 Å². The van der Waals surface area contributed by atoms with E-state index in [-0.39, 0.29) is 5.82 Å². The SMILES string of the molecule is CNCCN(C)c1cc(CN2CC(C)CC(C)C2)ccc1F. The monoisotopic (exact) mass is 307 g/mol. The number of anilines is 1. The van der Waals surface area contributed by atoms with Crippen molar-refractivity contribution in [2.24, 2.45) is 11.8 Å². The topological polar surface area (TPSA) is 18.5 Å². The maximum atomic E-state index is 14.1. The number of piperidine rings is 1. The predicted octanol–water partition coefficient (Wildman–Crippen LogP) is 2.96. The van der Waals surface area contributed by atoms with Crippen LogP contribution in [0.4, 0.5) is 10.1 Å². The van der Waals surface area contributed by atoms with Crippen molar-refractivity contribution in [2.75, 3.05) is 45.2 Å². The molecule has 1 heterocycles. The lowest BCUT2D eigenvalue weighted by Crippen LogP contribution is -2.38. The fourth-order valence-corrected chi connectivity index (χ4v) is 3.53. The molecule has 1 aliphatic heterocycles. The van der Waals surface area contributed by atoms with Crippen LogP contribution in [-0.2, 0) is 6.54 Å². The van der Waals surface area contributed by atoms with Crippen LogP contribution in [-0.4, -0.2) is 45.2 Å². The predicted molar refractivity (Wildman–Crippen MR) is 91.8 cm³/mol. The lowest BCUT2D eigenvalue weighted by atomic mass is 9.91. The summed E-state index contributed by atoms with van der Waals surface area (Å²) in [5.41, 5.74) is 1.90. The first kappa shape index (κ1) is 17.2. The zero-order valence-electron chi connectivity index (χ0n) is 14.4. The summed E-state index contributed by atoms with van der Waals surface area (Å²) in [6.45, 7) is 9.51. The molecule has 4 heteroatoms. The van der Waals surface area contributed by atoms with Gasteiger partial charge in [0.05, 0.1) is 5.69 Å². The molecule has 3 nitrogen and oxygen atoms in total. The van der Waals surface area contributed by atoms with Crippen LogP contribution in [0.2, 0.25) is 0 Å². The van der Waals surface area contributed by atoms with Crippen molar-refractivity contribution in [3.05, 3.63) is 29.6 Å². The van der Waals surface area contributed by atoms with Gasteiger partial charge in [0.15, 0.2) is 0 Å². The summed E-state index contributed by atoms with van der Waals surface area (Å²) in [5.74, 6) is 1.37. The van der Waals surface area contributed by atoms with E-state index >= 15 is 0 Å². The number of halogens is 1. The van der Waals surface area contributed by atoms with Gasteiger partial charge in [0, 0.05) is 39.8 Å². The van der Waals surface area contributed by atoms with E-state index in [2.05, 4.69) is 24.1 Å². The van der Waals surface area contributed by atoms with Crippen molar-refractivity contribution in [1.82, 2.24) is 10.2 Å². The molecule has 0 aliphatic carbocycles. The van der Waals surface area contributed by atoms with Crippen LogP contribution in [0.1, 0.15) is 25.8 Å².